The van der Waals surface area contributed by atoms with Crippen molar-refractivity contribution in [2.24, 2.45) is 4.99 Å². The lowest BCUT2D eigenvalue weighted by Gasteiger charge is -2.46. The van der Waals surface area contributed by atoms with E-state index >= 15 is 0 Å². The molecule has 2 aromatic carbocycles. The fourth-order valence-corrected chi connectivity index (χ4v) is 5.76. The minimum absolute atomic E-state index is 0.0426. The molecule has 5 rings (SSSR count). The Morgan fingerprint density at radius 3 is 2.48 bits per heavy atom. The van der Waals surface area contributed by atoms with Crippen molar-refractivity contribution < 1.29 is 9.18 Å². The molecule has 2 unspecified atom stereocenters. The molecule has 1 amide bonds. The molecule has 2 aliphatic rings. The van der Waals surface area contributed by atoms with Crippen molar-refractivity contribution >= 4 is 34.8 Å². The lowest BCUT2D eigenvalue weighted by atomic mass is 9.99. The predicted octanol–water partition coefficient (Wildman–Crippen LogP) is 7.14. The maximum Gasteiger partial charge on any atom is 0.246 e. The number of hydrogen-bond acceptors (Lipinski definition) is 5. The topological polar surface area (TPSA) is 52.0 Å². The van der Waals surface area contributed by atoms with Gasteiger partial charge >= 0.3 is 0 Å². The number of hydrogen-bond donors (Lipinski definition) is 0. The second-order valence-electron chi connectivity index (χ2n) is 10.6. The number of amides is 1. The third-order valence-electron chi connectivity index (χ3n) is 7.55. The Labute approximate surface area is 240 Å². The van der Waals surface area contributed by atoms with Gasteiger partial charge in [0.05, 0.1) is 22.0 Å². The van der Waals surface area contributed by atoms with Crippen LogP contribution in [0.15, 0.2) is 84.6 Å². The van der Waals surface area contributed by atoms with Crippen LogP contribution in [0.3, 0.4) is 0 Å². The van der Waals surface area contributed by atoms with Crippen molar-refractivity contribution in [3.8, 4) is 11.3 Å². The number of para-hydroxylation sites is 1. The molecule has 0 radical (unpaired) electrons. The quantitative estimate of drug-likeness (QED) is 0.320. The van der Waals surface area contributed by atoms with E-state index in [1.807, 2.05) is 41.0 Å². The molecule has 1 fully saturated rings. The van der Waals surface area contributed by atoms with E-state index < -0.39 is 5.82 Å². The Balaban J connectivity index is 1.70. The van der Waals surface area contributed by atoms with Gasteiger partial charge in [-0.2, -0.15) is 0 Å². The van der Waals surface area contributed by atoms with Gasteiger partial charge in [-0.05, 0) is 55.7 Å². The summed E-state index contributed by atoms with van der Waals surface area (Å²) in [6, 6.07) is 16.3. The van der Waals surface area contributed by atoms with Crippen LogP contribution in [0.4, 0.5) is 15.9 Å². The van der Waals surface area contributed by atoms with Crippen molar-refractivity contribution in [1.82, 2.24) is 14.8 Å². The van der Waals surface area contributed by atoms with E-state index in [0.29, 0.717) is 46.8 Å². The Kier molecular flexibility index (Phi) is 7.51. The maximum absolute atomic E-state index is 14.9. The molecule has 6 nitrogen and oxygen atoms in total. The minimum atomic E-state index is -0.403. The first-order chi connectivity index (χ1) is 19.1. The molecular formula is C32H33ClFN5O. The van der Waals surface area contributed by atoms with E-state index in [9.17, 15) is 9.18 Å². The molecule has 0 spiro atoms. The number of benzene rings is 2. The molecule has 3 heterocycles. The fraction of sp³-hybridized carbons (Fsp3) is 0.281. The van der Waals surface area contributed by atoms with Crippen LogP contribution >= 0.6 is 11.6 Å². The maximum atomic E-state index is 14.9. The van der Waals surface area contributed by atoms with E-state index in [2.05, 4.69) is 44.9 Å². The summed E-state index contributed by atoms with van der Waals surface area (Å²) in [5, 5.41) is 0.322. The Morgan fingerprint density at radius 1 is 1.07 bits per heavy atom. The number of anilines is 2. The van der Waals surface area contributed by atoms with Crippen molar-refractivity contribution in [3.63, 3.8) is 0 Å². The van der Waals surface area contributed by atoms with Crippen molar-refractivity contribution in [2.75, 3.05) is 18.0 Å². The van der Waals surface area contributed by atoms with E-state index in [4.69, 9.17) is 21.6 Å². The van der Waals surface area contributed by atoms with E-state index in [1.54, 1.807) is 18.2 Å². The van der Waals surface area contributed by atoms with E-state index in [-0.39, 0.29) is 23.9 Å². The number of rotatable bonds is 4. The number of aliphatic imine (C=N–C) groups is 1. The smallest absolute Gasteiger partial charge is 0.246 e. The number of fused-ring (bicyclic) bond motifs is 1. The highest BCUT2D eigenvalue weighted by atomic mass is 35.5. The summed E-state index contributed by atoms with van der Waals surface area (Å²) in [4.78, 5) is 28.4. The largest absolute Gasteiger partial charge is 0.349 e. The Bertz CT molecular complexity index is 1530. The molecular weight excluding hydrogens is 525 g/mol. The van der Waals surface area contributed by atoms with Crippen LogP contribution < -0.4 is 4.90 Å². The first-order valence-electron chi connectivity index (χ1n) is 13.4. The van der Waals surface area contributed by atoms with Crippen LogP contribution in [0.5, 0.6) is 0 Å². The first kappa shape index (κ1) is 27.6. The van der Waals surface area contributed by atoms with Crippen LogP contribution in [0.25, 0.3) is 11.3 Å². The fourth-order valence-electron chi connectivity index (χ4n) is 5.51. The minimum Gasteiger partial charge on any atom is -0.349 e. The summed E-state index contributed by atoms with van der Waals surface area (Å²) in [5.41, 5.74) is 3.40. The third kappa shape index (κ3) is 4.79. The number of pyridine rings is 1. The third-order valence-corrected chi connectivity index (χ3v) is 7.83. The lowest BCUT2D eigenvalue weighted by Crippen LogP contribution is -2.59. The van der Waals surface area contributed by atoms with E-state index in [1.165, 1.54) is 12.1 Å². The van der Waals surface area contributed by atoms with Crippen LogP contribution in [0, 0.1) is 5.82 Å². The molecule has 206 valence electrons. The number of piperazine rings is 1. The SMILES string of the molecule is C=CC(=O)N1CC(C)N(C2=NC(=C)N(c3ccccc3C(C)C)c3nc(-c4ccccc4F)c(Cl)cc32)CC1C. The zero-order valence-electron chi connectivity index (χ0n) is 23.2. The molecule has 1 aromatic heterocycles. The number of carbonyl (C=O) groups is 1. The van der Waals surface area contributed by atoms with Gasteiger partial charge in [0.25, 0.3) is 0 Å². The van der Waals surface area contributed by atoms with Crippen molar-refractivity contribution in [2.45, 2.75) is 45.7 Å². The molecule has 2 atom stereocenters. The summed E-state index contributed by atoms with van der Waals surface area (Å²) in [6.45, 7) is 17.4. The van der Waals surface area contributed by atoms with E-state index in [0.717, 1.165) is 16.8 Å². The molecule has 0 saturated carbocycles. The highest BCUT2D eigenvalue weighted by Crippen LogP contribution is 2.43. The summed E-state index contributed by atoms with van der Waals surface area (Å²) >= 11 is 6.82. The van der Waals surface area contributed by atoms with Crippen LogP contribution in [-0.4, -0.2) is 51.7 Å². The van der Waals surface area contributed by atoms with Crippen molar-refractivity contribution in [3.05, 3.63) is 102 Å². The Morgan fingerprint density at radius 2 is 1.77 bits per heavy atom. The molecule has 40 heavy (non-hydrogen) atoms. The highest BCUT2D eigenvalue weighted by molar-refractivity contribution is 6.33. The van der Waals surface area contributed by atoms with Gasteiger partial charge in [-0.1, -0.05) is 68.9 Å². The molecule has 1 saturated heterocycles. The normalized spacial score (nSPS) is 19.0. The molecule has 3 aromatic rings. The number of aromatic nitrogens is 1. The number of amidine groups is 1. The van der Waals surface area contributed by atoms with Crippen LogP contribution in [0.2, 0.25) is 5.02 Å². The summed E-state index contributed by atoms with van der Waals surface area (Å²) in [6.07, 6.45) is 1.35. The monoisotopic (exact) mass is 557 g/mol. The number of halogens is 2. The molecule has 0 N–H and O–H groups in total. The van der Waals surface area contributed by atoms with Gasteiger partial charge in [-0.15, -0.1) is 0 Å². The van der Waals surface area contributed by atoms with Crippen LogP contribution in [0.1, 0.15) is 44.7 Å². The zero-order chi connectivity index (χ0) is 28.7. The van der Waals surface area contributed by atoms with Crippen molar-refractivity contribution in [1.29, 1.82) is 0 Å². The highest BCUT2D eigenvalue weighted by Gasteiger charge is 2.38. The standard InChI is InChI=1S/C32H33ClFN5O/c1-7-29(40)37-17-21(5)38(18-20(37)4)31-25-16-26(33)30(24-13-8-10-14-27(24)34)36-32(25)39(22(6)35-31)28-15-11-9-12-23(28)19(2)3/h7-16,19-21H,1,6,17-18H2,2-5H3. The molecule has 0 aliphatic carbocycles. The second-order valence-corrected chi connectivity index (χ2v) is 11.0. The summed E-state index contributed by atoms with van der Waals surface area (Å²) in [5.74, 6) is 1.49. The van der Waals surface area contributed by atoms with Crippen LogP contribution in [-0.2, 0) is 4.79 Å². The number of nitrogens with zero attached hydrogens (tertiary/aromatic N) is 5. The lowest BCUT2D eigenvalue weighted by molar-refractivity contribution is -0.130. The predicted molar refractivity (Wildman–Crippen MR) is 161 cm³/mol. The number of carbonyl (C=O) groups excluding carboxylic acids is 1. The van der Waals surface area contributed by atoms with Gasteiger partial charge in [0, 0.05) is 30.7 Å². The average molecular weight is 558 g/mol. The first-order valence-corrected chi connectivity index (χ1v) is 13.8. The average Bonchev–Trinajstić information content (AvgIpc) is 2.93. The second kappa shape index (κ2) is 10.9. The van der Waals surface area contributed by atoms with Gasteiger partial charge in [0.2, 0.25) is 5.91 Å². The van der Waals surface area contributed by atoms with Gasteiger partial charge < -0.3 is 9.80 Å². The summed E-state index contributed by atoms with van der Waals surface area (Å²) < 4.78 is 14.9. The molecule has 2 aliphatic heterocycles. The van der Waals surface area contributed by atoms with Gasteiger partial charge in [0.1, 0.15) is 17.5 Å². The molecule has 0 bridgehead atoms. The Hall–Kier alpha value is -3.97. The summed E-state index contributed by atoms with van der Waals surface area (Å²) in [7, 11) is 0. The molecule has 8 heteroatoms. The van der Waals surface area contributed by atoms with Gasteiger partial charge in [0.15, 0.2) is 5.82 Å². The zero-order valence-corrected chi connectivity index (χ0v) is 24.0. The van der Waals surface area contributed by atoms with Gasteiger partial charge in [-0.3, -0.25) is 9.69 Å². The van der Waals surface area contributed by atoms with Gasteiger partial charge in [-0.25, -0.2) is 14.4 Å².